The number of nitrogens with one attached hydrogen (secondary N) is 1. The highest BCUT2D eigenvalue weighted by Gasteiger charge is 2.31. The van der Waals surface area contributed by atoms with E-state index in [1.54, 1.807) is 19.1 Å². The predicted molar refractivity (Wildman–Crippen MR) is 145 cm³/mol. The number of hydrogen-bond donors (Lipinski definition) is 1. The van der Waals surface area contributed by atoms with E-state index in [-0.39, 0.29) is 29.2 Å². The van der Waals surface area contributed by atoms with Crippen molar-refractivity contribution >= 4 is 62.3 Å². The molecule has 2 rings (SSSR count). The standard InChI is InChI=1S/C24H30Cl3N3O5S/c1-6-15(2)28-24(32)16(3)29(13-17-7-8-18(25)11-20(17)26)23(31)14-30(36(5,33)34)19-9-10-22(35-4)21(27)12-19/h7-12,15-16H,6,13-14H2,1-5H3,(H,28,32)/t15-,16-/m1/s1. The Kier molecular flexibility index (Phi) is 10.7. The molecule has 0 heterocycles. The highest BCUT2D eigenvalue weighted by molar-refractivity contribution is 7.92. The Hall–Kier alpha value is -2.20. The summed E-state index contributed by atoms with van der Waals surface area (Å²) in [5.74, 6) is -0.624. The van der Waals surface area contributed by atoms with Gasteiger partial charge in [0.1, 0.15) is 18.3 Å². The van der Waals surface area contributed by atoms with Crippen molar-refractivity contribution in [3.05, 3.63) is 57.0 Å². The fraction of sp³-hybridized carbons (Fsp3) is 0.417. The molecular weight excluding hydrogens is 549 g/mol. The smallest absolute Gasteiger partial charge is 0.244 e. The first-order valence-corrected chi connectivity index (χ1v) is 14.1. The summed E-state index contributed by atoms with van der Waals surface area (Å²) in [4.78, 5) is 27.8. The zero-order valence-corrected chi connectivity index (χ0v) is 23.8. The Labute approximate surface area is 227 Å². The first-order chi connectivity index (χ1) is 16.8. The van der Waals surface area contributed by atoms with E-state index in [4.69, 9.17) is 39.5 Å². The van der Waals surface area contributed by atoms with Crippen molar-refractivity contribution in [3.63, 3.8) is 0 Å². The van der Waals surface area contributed by atoms with E-state index in [9.17, 15) is 18.0 Å². The van der Waals surface area contributed by atoms with Crippen LogP contribution >= 0.6 is 34.8 Å². The van der Waals surface area contributed by atoms with Crippen LogP contribution < -0.4 is 14.4 Å². The second-order valence-electron chi connectivity index (χ2n) is 8.34. The van der Waals surface area contributed by atoms with Crippen LogP contribution in [-0.2, 0) is 26.2 Å². The number of methoxy groups -OCH3 is 1. The minimum Gasteiger partial charge on any atom is -0.495 e. The Morgan fingerprint density at radius 2 is 1.72 bits per heavy atom. The van der Waals surface area contributed by atoms with Crippen LogP contribution in [-0.4, -0.2) is 57.1 Å². The van der Waals surface area contributed by atoms with E-state index >= 15 is 0 Å². The number of nitrogens with zero attached hydrogens (tertiary/aromatic N) is 2. The summed E-state index contributed by atoms with van der Waals surface area (Å²) in [5.41, 5.74) is 0.730. The third-order valence-corrected chi connectivity index (χ3v) is 7.65. The number of ether oxygens (including phenoxy) is 1. The average Bonchev–Trinajstić information content (AvgIpc) is 2.80. The van der Waals surface area contributed by atoms with Gasteiger partial charge in [0.15, 0.2) is 0 Å². The minimum absolute atomic E-state index is 0.0368. The molecule has 36 heavy (non-hydrogen) atoms. The van der Waals surface area contributed by atoms with E-state index in [1.165, 1.54) is 36.3 Å². The normalized spacial score (nSPS) is 13.0. The Balaban J connectivity index is 2.45. The van der Waals surface area contributed by atoms with Gasteiger partial charge >= 0.3 is 0 Å². The van der Waals surface area contributed by atoms with Crippen LogP contribution in [0.5, 0.6) is 5.75 Å². The van der Waals surface area contributed by atoms with Crippen molar-refractivity contribution in [1.82, 2.24) is 10.2 Å². The molecule has 0 saturated heterocycles. The van der Waals surface area contributed by atoms with Gasteiger partial charge in [0, 0.05) is 22.6 Å². The second-order valence-corrected chi connectivity index (χ2v) is 11.5. The molecule has 198 valence electrons. The fourth-order valence-corrected chi connectivity index (χ4v) is 4.87. The van der Waals surface area contributed by atoms with Crippen LogP contribution in [0, 0.1) is 0 Å². The van der Waals surface area contributed by atoms with Gasteiger partial charge in [-0.1, -0.05) is 47.8 Å². The molecule has 0 aliphatic rings. The second kappa shape index (κ2) is 12.9. The lowest BCUT2D eigenvalue weighted by atomic mass is 10.1. The van der Waals surface area contributed by atoms with Crippen LogP contribution in [0.4, 0.5) is 5.69 Å². The highest BCUT2D eigenvalue weighted by atomic mass is 35.5. The molecule has 0 aromatic heterocycles. The number of halogens is 3. The SMILES string of the molecule is CC[C@@H](C)NC(=O)[C@@H](C)N(Cc1ccc(Cl)cc1Cl)C(=O)CN(c1ccc(OC)c(Cl)c1)S(C)(=O)=O. The van der Waals surface area contributed by atoms with Gasteiger partial charge < -0.3 is 15.0 Å². The van der Waals surface area contributed by atoms with E-state index in [2.05, 4.69) is 5.32 Å². The molecule has 2 aromatic rings. The molecule has 8 nitrogen and oxygen atoms in total. The van der Waals surface area contributed by atoms with Gasteiger partial charge in [-0.2, -0.15) is 0 Å². The molecule has 0 unspecified atom stereocenters. The summed E-state index contributed by atoms with van der Waals surface area (Å²) in [6, 6.07) is 8.18. The van der Waals surface area contributed by atoms with Crippen molar-refractivity contribution in [2.24, 2.45) is 0 Å². The molecular formula is C24H30Cl3N3O5S. The monoisotopic (exact) mass is 577 g/mol. The molecule has 2 atom stereocenters. The van der Waals surface area contributed by atoms with Crippen molar-refractivity contribution in [2.75, 3.05) is 24.2 Å². The van der Waals surface area contributed by atoms with Gasteiger partial charge in [-0.15, -0.1) is 0 Å². The lowest BCUT2D eigenvalue weighted by molar-refractivity contribution is -0.139. The number of anilines is 1. The third-order valence-electron chi connectivity index (χ3n) is 5.63. The molecule has 0 aliphatic heterocycles. The molecule has 2 amide bonds. The summed E-state index contributed by atoms with van der Waals surface area (Å²) in [6.07, 6.45) is 1.69. The summed E-state index contributed by atoms with van der Waals surface area (Å²) in [6.45, 7) is 4.76. The molecule has 12 heteroatoms. The van der Waals surface area contributed by atoms with Crippen molar-refractivity contribution in [3.8, 4) is 5.75 Å². The van der Waals surface area contributed by atoms with Crippen LogP contribution in [0.15, 0.2) is 36.4 Å². The molecule has 0 saturated carbocycles. The summed E-state index contributed by atoms with van der Waals surface area (Å²) >= 11 is 18.5. The molecule has 0 spiro atoms. The maximum atomic E-state index is 13.6. The van der Waals surface area contributed by atoms with Crippen molar-refractivity contribution in [2.45, 2.75) is 45.8 Å². The first kappa shape index (κ1) is 30.0. The van der Waals surface area contributed by atoms with E-state index in [0.29, 0.717) is 27.8 Å². The average molecular weight is 579 g/mol. The van der Waals surface area contributed by atoms with Gasteiger partial charge in [0.25, 0.3) is 0 Å². The van der Waals surface area contributed by atoms with E-state index < -0.39 is 28.5 Å². The maximum Gasteiger partial charge on any atom is 0.244 e. The molecule has 0 bridgehead atoms. The van der Waals surface area contributed by atoms with Gasteiger partial charge in [-0.25, -0.2) is 8.42 Å². The minimum atomic E-state index is -3.90. The number of sulfonamides is 1. The third kappa shape index (κ3) is 7.90. The summed E-state index contributed by atoms with van der Waals surface area (Å²) in [5, 5.41) is 3.78. The Bertz CT molecular complexity index is 1210. The first-order valence-electron chi connectivity index (χ1n) is 11.1. The summed E-state index contributed by atoms with van der Waals surface area (Å²) < 4.78 is 31.4. The quantitative estimate of drug-likeness (QED) is 0.415. The number of rotatable bonds is 11. The zero-order valence-electron chi connectivity index (χ0n) is 20.7. The van der Waals surface area contributed by atoms with Crippen LogP contribution in [0.2, 0.25) is 15.1 Å². The molecule has 0 radical (unpaired) electrons. The Morgan fingerprint density at radius 3 is 2.25 bits per heavy atom. The lowest BCUT2D eigenvalue weighted by Crippen LogP contribution is -2.52. The van der Waals surface area contributed by atoms with Crippen LogP contribution in [0.3, 0.4) is 0 Å². The fourth-order valence-electron chi connectivity index (χ4n) is 3.31. The number of benzene rings is 2. The van der Waals surface area contributed by atoms with E-state index in [0.717, 1.165) is 10.6 Å². The molecule has 2 aromatic carbocycles. The maximum absolute atomic E-state index is 13.6. The van der Waals surface area contributed by atoms with Gasteiger partial charge in [-0.05, 0) is 56.2 Å². The van der Waals surface area contributed by atoms with Gasteiger partial charge in [0.2, 0.25) is 21.8 Å². The van der Waals surface area contributed by atoms with Crippen LogP contribution in [0.1, 0.15) is 32.8 Å². The number of carbonyl (C=O) groups is 2. The van der Waals surface area contributed by atoms with Crippen molar-refractivity contribution in [1.29, 1.82) is 0 Å². The molecule has 1 N–H and O–H groups in total. The topological polar surface area (TPSA) is 96.0 Å². The highest BCUT2D eigenvalue weighted by Crippen LogP contribution is 2.30. The van der Waals surface area contributed by atoms with Crippen LogP contribution in [0.25, 0.3) is 0 Å². The number of carbonyl (C=O) groups excluding carboxylic acids is 2. The van der Waals surface area contributed by atoms with E-state index in [1.807, 2.05) is 13.8 Å². The lowest BCUT2D eigenvalue weighted by Gasteiger charge is -2.32. The molecule has 0 fully saturated rings. The number of amides is 2. The largest absolute Gasteiger partial charge is 0.495 e. The summed E-state index contributed by atoms with van der Waals surface area (Å²) in [7, 11) is -2.46. The molecule has 0 aliphatic carbocycles. The van der Waals surface area contributed by atoms with Gasteiger partial charge in [-0.3, -0.25) is 13.9 Å². The zero-order chi connectivity index (χ0) is 27.2. The van der Waals surface area contributed by atoms with Crippen molar-refractivity contribution < 1.29 is 22.7 Å². The number of hydrogen-bond acceptors (Lipinski definition) is 5. The van der Waals surface area contributed by atoms with Gasteiger partial charge in [0.05, 0.1) is 24.1 Å². The Morgan fingerprint density at radius 1 is 1.06 bits per heavy atom. The predicted octanol–water partition coefficient (Wildman–Crippen LogP) is 4.75.